The summed E-state index contributed by atoms with van der Waals surface area (Å²) in [7, 11) is -2.92. The van der Waals surface area contributed by atoms with Crippen molar-refractivity contribution in [1.29, 1.82) is 0 Å². The van der Waals surface area contributed by atoms with Gasteiger partial charge in [-0.3, -0.25) is 0 Å². The fraction of sp³-hybridized carbons (Fsp3) is 0.455. The molecule has 0 saturated carbocycles. The third-order valence-corrected chi connectivity index (χ3v) is 5.50. The maximum atomic E-state index is 11.5. The first-order chi connectivity index (χ1) is 7.68. The normalized spacial score (nSPS) is 20.0. The monoisotopic (exact) mass is 257 g/mol. The summed E-state index contributed by atoms with van der Waals surface area (Å²) >= 11 is 1.70. The van der Waals surface area contributed by atoms with Crippen LogP contribution in [0.2, 0.25) is 0 Å². The van der Waals surface area contributed by atoms with Crippen LogP contribution in [0.1, 0.15) is 6.42 Å². The van der Waals surface area contributed by atoms with Crippen LogP contribution in [-0.2, 0) is 10.0 Å². The highest BCUT2D eigenvalue weighted by Gasteiger charge is 2.27. The molecule has 0 N–H and O–H groups in total. The molecule has 1 aliphatic heterocycles. The largest absolute Gasteiger partial charge is 0.214 e. The van der Waals surface area contributed by atoms with Crippen molar-refractivity contribution in [2.75, 3.05) is 24.6 Å². The summed E-state index contributed by atoms with van der Waals surface area (Å²) in [4.78, 5) is 1.19. The highest BCUT2D eigenvalue weighted by molar-refractivity contribution is 7.99. The Morgan fingerprint density at radius 1 is 1.25 bits per heavy atom. The first kappa shape index (κ1) is 12.0. The zero-order chi connectivity index (χ0) is 11.4. The molecule has 1 fully saturated rings. The summed E-state index contributed by atoms with van der Waals surface area (Å²) in [5.41, 5.74) is 0. The van der Waals surface area contributed by atoms with Crippen molar-refractivity contribution in [3.05, 3.63) is 30.3 Å². The van der Waals surface area contributed by atoms with Crippen molar-refractivity contribution < 1.29 is 8.42 Å². The molecular formula is C11H15NO2S2. The lowest BCUT2D eigenvalue weighted by atomic mass is 10.4. The van der Waals surface area contributed by atoms with Gasteiger partial charge in [-0.2, -0.15) is 0 Å². The predicted molar refractivity (Wildman–Crippen MR) is 67.1 cm³/mol. The molecule has 88 valence electrons. The van der Waals surface area contributed by atoms with E-state index in [9.17, 15) is 8.42 Å². The van der Waals surface area contributed by atoms with Gasteiger partial charge in [0.15, 0.2) is 0 Å². The first-order valence-corrected chi connectivity index (χ1v) is 7.94. The molecule has 1 aromatic rings. The molecular weight excluding hydrogens is 242 g/mol. The fourth-order valence-corrected chi connectivity index (χ4v) is 4.27. The van der Waals surface area contributed by atoms with E-state index >= 15 is 0 Å². The first-order valence-electron chi connectivity index (χ1n) is 5.34. The van der Waals surface area contributed by atoms with Crippen molar-refractivity contribution in [2.45, 2.75) is 11.3 Å². The fourth-order valence-electron chi connectivity index (χ4n) is 1.72. The molecule has 0 bridgehead atoms. The second kappa shape index (κ2) is 5.21. The molecule has 1 aliphatic rings. The summed E-state index contributed by atoms with van der Waals surface area (Å²) in [5.74, 6) is 1.15. The Labute approximate surface area is 101 Å². The highest BCUT2D eigenvalue weighted by atomic mass is 32.2. The molecule has 0 atom stereocenters. The molecule has 0 aromatic heterocycles. The van der Waals surface area contributed by atoms with Gasteiger partial charge in [-0.15, -0.1) is 11.8 Å². The van der Waals surface area contributed by atoms with Gasteiger partial charge in [-0.1, -0.05) is 18.2 Å². The van der Waals surface area contributed by atoms with Gasteiger partial charge in [0.2, 0.25) is 10.0 Å². The minimum Gasteiger partial charge on any atom is -0.212 e. The summed E-state index contributed by atoms with van der Waals surface area (Å²) in [6.07, 6.45) is 0.776. The third-order valence-electron chi connectivity index (χ3n) is 2.56. The second-order valence-electron chi connectivity index (χ2n) is 3.73. The third kappa shape index (κ3) is 2.99. The lowest BCUT2D eigenvalue weighted by Crippen LogP contribution is -2.27. The smallest absolute Gasteiger partial charge is 0.212 e. The summed E-state index contributed by atoms with van der Waals surface area (Å²) in [6.45, 7) is 1.32. The van der Waals surface area contributed by atoms with Crippen LogP contribution in [0.3, 0.4) is 0 Å². The Hall–Kier alpha value is -0.520. The van der Waals surface area contributed by atoms with Gasteiger partial charge in [-0.25, -0.2) is 12.7 Å². The van der Waals surface area contributed by atoms with Crippen LogP contribution in [0.5, 0.6) is 0 Å². The van der Waals surface area contributed by atoms with Gasteiger partial charge in [0, 0.05) is 23.7 Å². The summed E-state index contributed by atoms with van der Waals surface area (Å²) in [6, 6.07) is 10.1. The van der Waals surface area contributed by atoms with E-state index < -0.39 is 10.0 Å². The minimum absolute atomic E-state index is 0.322. The standard InChI is InChI=1S/C11H15NO2S2/c13-16(14)10-4-7-12(16)8-9-15-11-5-2-1-3-6-11/h1-3,5-6H,4,7-10H2. The van der Waals surface area contributed by atoms with Crippen LogP contribution >= 0.6 is 11.8 Å². The van der Waals surface area contributed by atoms with Crippen LogP contribution < -0.4 is 0 Å². The number of hydrogen-bond acceptors (Lipinski definition) is 3. The van der Waals surface area contributed by atoms with E-state index in [2.05, 4.69) is 0 Å². The van der Waals surface area contributed by atoms with Crippen LogP contribution in [0.15, 0.2) is 35.2 Å². The van der Waals surface area contributed by atoms with Crippen molar-refractivity contribution >= 4 is 21.8 Å². The van der Waals surface area contributed by atoms with E-state index in [0.29, 0.717) is 18.8 Å². The van der Waals surface area contributed by atoms with E-state index in [-0.39, 0.29) is 0 Å². The quantitative estimate of drug-likeness (QED) is 0.772. The Bertz CT molecular complexity index is 431. The highest BCUT2D eigenvalue weighted by Crippen LogP contribution is 2.19. The van der Waals surface area contributed by atoms with Crippen LogP contribution in [0, 0.1) is 0 Å². The van der Waals surface area contributed by atoms with Crippen LogP contribution in [-0.4, -0.2) is 37.3 Å². The lowest BCUT2D eigenvalue weighted by Gasteiger charge is -2.13. The van der Waals surface area contributed by atoms with Gasteiger partial charge in [0.1, 0.15) is 0 Å². The SMILES string of the molecule is O=S1(=O)CCCN1CCSc1ccccc1. The zero-order valence-electron chi connectivity index (χ0n) is 9.00. The Balaban J connectivity index is 1.81. The average Bonchev–Trinajstić information content (AvgIpc) is 2.60. The van der Waals surface area contributed by atoms with Gasteiger partial charge in [0.05, 0.1) is 5.75 Å². The van der Waals surface area contributed by atoms with Crippen molar-refractivity contribution in [3.63, 3.8) is 0 Å². The minimum atomic E-state index is -2.92. The van der Waals surface area contributed by atoms with E-state index in [1.165, 1.54) is 4.90 Å². The number of hydrogen-bond donors (Lipinski definition) is 0. The molecule has 1 aromatic carbocycles. The molecule has 5 heteroatoms. The molecule has 0 unspecified atom stereocenters. The van der Waals surface area contributed by atoms with Crippen LogP contribution in [0.4, 0.5) is 0 Å². The average molecular weight is 257 g/mol. The number of thioether (sulfide) groups is 1. The predicted octanol–water partition coefficient (Wildman–Crippen LogP) is 1.81. The van der Waals surface area contributed by atoms with Crippen molar-refractivity contribution in [1.82, 2.24) is 4.31 Å². The molecule has 1 heterocycles. The van der Waals surface area contributed by atoms with Gasteiger partial charge in [-0.05, 0) is 18.6 Å². The van der Waals surface area contributed by atoms with Crippen LogP contribution in [0.25, 0.3) is 0 Å². The zero-order valence-corrected chi connectivity index (χ0v) is 10.6. The molecule has 0 aliphatic carbocycles. The Morgan fingerprint density at radius 2 is 2.00 bits per heavy atom. The molecule has 0 radical (unpaired) electrons. The second-order valence-corrected chi connectivity index (χ2v) is 6.99. The van der Waals surface area contributed by atoms with E-state index in [4.69, 9.17) is 0 Å². The molecule has 16 heavy (non-hydrogen) atoms. The topological polar surface area (TPSA) is 37.4 Å². The summed E-state index contributed by atoms with van der Waals surface area (Å²) < 4.78 is 24.6. The van der Waals surface area contributed by atoms with Gasteiger partial charge >= 0.3 is 0 Å². The van der Waals surface area contributed by atoms with Gasteiger partial charge < -0.3 is 0 Å². The molecule has 0 spiro atoms. The number of benzene rings is 1. The van der Waals surface area contributed by atoms with E-state index in [1.54, 1.807) is 16.1 Å². The van der Waals surface area contributed by atoms with Gasteiger partial charge in [0.25, 0.3) is 0 Å². The molecule has 3 nitrogen and oxygen atoms in total. The van der Waals surface area contributed by atoms with Crippen molar-refractivity contribution in [2.24, 2.45) is 0 Å². The maximum absolute atomic E-state index is 11.5. The lowest BCUT2D eigenvalue weighted by molar-refractivity contribution is 0.465. The summed E-state index contributed by atoms with van der Waals surface area (Å²) in [5, 5.41) is 0. The molecule has 1 saturated heterocycles. The number of sulfonamides is 1. The van der Waals surface area contributed by atoms with E-state index in [0.717, 1.165) is 12.2 Å². The Morgan fingerprint density at radius 3 is 2.62 bits per heavy atom. The Kier molecular flexibility index (Phi) is 3.89. The number of rotatable bonds is 4. The van der Waals surface area contributed by atoms with E-state index in [1.807, 2.05) is 30.3 Å². The molecule has 2 rings (SSSR count). The van der Waals surface area contributed by atoms with Crippen molar-refractivity contribution in [3.8, 4) is 0 Å². The molecule has 0 amide bonds. The number of nitrogens with zero attached hydrogens (tertiary/aromatic N) is 1. The maximum Gasteiger partial charge on any atom is 0.214 e.